The molecule has 4 rings (SSSR count). The van der Waals surface area contributed by atoms with Crippen LogP contribution in [0.5, 0.6) is 0 Å². The third kappa shape index (κ3) is 5.18. The Morgan fingerprint density at radius 1 is 1.03 bits per heavy atom. The van der Waals surface area contributed by atoms with Gasteiger partial charge in [0.2, 0.25) is 5.91 Å². The van der Waals surface area contributed by atoms with E-state index < -0.39 is 42.8 Å². The van der Waals surface area contributed by atoms with Crippen molar-refractivity contribution in [2.24, 2.45) is 0 Å². The number of likely N-dealkylation sites (tertiary alicyclic amines) is 1. The summed E-state index contributed by atoms with van der Waals surface area (Å²) in [6.07, 6.45) is -2.30. The average Bonchev–Trinajstić information content (AvgIpc) is 3.13. The van der Waals surface area contributed by atoms with E-state index in [1.165, 1.54) is 4.90 Å². The normalized spacial score (nSPS) is 17.4. The zero-order valence-electron chi connectivity index (χ0n) is 18.5. The summed E-state index contributed by atoms with van der Waals surface area (Å²) in [6, 6.07) is 14.5. The van der Waals surface area contributed by atoms with Gasteiger partial charge < -0.3 is 20.1 Å². The summed E-state index contributed by atoms with van der Waals surface area (Å²) < 4.78 is 32.4. The zero-order chi connectivity index (χ0) is 24.3. The number of carbonyl (C=O) groups excluding carboxylic acids is 2. The van der Waals surface area contributed by atoms with Crippen molar-refractivity contribution >= 4 is 18.0 Å². The summed E-state index contributed by atoms with van der Waals surface area (Å²) in [5, 5.41) is 11.5. The molecular formula is C25H26F2N2O5. The average molecular weight is 472 g/mol. The topological polar surface area (TPSA) is 95.9 Å². The number of nitrogens with one attached hydrogen (secondary N) is 1. The van der Waals surface area contributed by atoms with E-state index in [-0.39, 0.29) is 38.5 Å². The van der Waals surface area contributed by atoms with Crippen LogP contribution in [0.2, 0.25) is 0 Å². The summed E-state index contributed by atoms with van der Waals surface area (Å²) in [5.41, 5.74) is 4.21. The largest absolute Gasteiger partial charge is 0.481 e. The molecular weight excluding hydrogens is 446 g/mol. The molecule has 2 aromatic carbocycles. The second kappa shape index (κ2) is 9.79. The summed E-state index contributed by atoms with van der Waals surface area (Å²) in [4.78, 5) is 37.7. The quantitative estimate of drug-likeness (QED) is 0.635. The lowest BCUT2D eigenvalue weighted by Crippen LogP contribution is -2.52. The Hall–Kier alpha value is -3.49. The number of carboxylic acid groups (broad SMARTS) is 1. The van der Waals surface area contributed by atoms with Crippen LogP contribution in [0.25, 0.3) is 11.1 Å². The van der Waals surface area contributed by atoms with Crippen LogP contribution in [-0.4, -0.2) is 59.6 Å². The van der Waals surface area contributed by atoms with Gasteiger partial charge >= 0.3 is 12.1 Å². The number of nitrogens with zero attached hydrogens (tertiary/aromatic N) is 1. The Morgan fingerprint density at radius 2 is 1.59 bits per heavy atom. The third-order valence-electron chi connectivity index (χ3n) is 6.39. The molecule has 1 unspecified atom stereocenters. The molecule has 1 heterocycles. The molecule has 1 aliphatic heterocycles. The van der Waals surface area contributed by atoms with Crippen molar-refractivity contribution in [2.75, 3.05) is 19.7 Å². The van der Waals surface area contributed by atoms with Gasteiger partial charge in [0, 0.05) is 38.3 Å². The number of piperidine rings is 1. The molecule has 0 radical (unpaired) electrons. The molecule has 7 nitrogen and oxygen atoms in total. The first-order chi connectivity index (χ1) is 16.2. The number of carboxylic acids is 1. The molecule has 0 bridgehead atoms. The number of fused-ring (bicyclic) bond motifs is 3. The van der Waals surface area contributed by atoms with Crippen molar-refractivity contribution in [1.29, 1.82) is 0 Å². The molecule has 1 saturated heterocycles. The van der Waals surface area contributed by atoms with Crippen molar-refractivity contribution in [3.05, 3.63) is 59.7 Å². The molecule has 1 aliphatic carbocycles. The first-order valence-electron chi connectivity index (χ1n) is 11.2. The van der Waals surface area contributed by atoms with E-state index in [0.717, 1.165) is 22.3 Å². The molecule has 1 fully saturated rings. The molecule has 2 aliphatic rings. The SMILES string of the molecule is O=C(O)CCC(NC(=O)OCC1c2ccccc2-c2ccccc21)C(=O)N1CCC(F)(F)CC1. The summed E-state index contributed by atoms with van der Waals surface area (Å²) in [6.45, 7) is -0.265. The van der Waals surface area contributed by atoms with Gasteiger partial charge in [-0.05, 0) is 28.7 Å². The minimum atomic E-state index is -2.83. The zero-order valence-corrected chi connectivity index (χ0v) is 18.5. The van der Waals surface area contributed by atoms with Gasteiger partial charge in [-0.2, -0.15) is 0 Å². The lowest BCUT2D eigenvalue weighted by Gasteiger charge is -2.34. The number of alkyl halides is 2. The van der Waals surface area contributed by atoms with Gasteiger partial charge in [0.05, 0.1) is 0 Å². The van der Waals surface area contributed by atoms with Crippen molar-refractivity contribution in [2.45, 2.75) is 43.6 Å². The van der Waals surface area contributed by atoms with Crippen molar-refractivity contribution in [1.82, 2.24) is 10.2 Å². The highest BCUT2D eigenvalue weighted by Crippen LogP contribution is 2.44. The first-order valence-corrected chi connectivity index (χ1v) is 11.2. The fourth-order valence-electron chi connectivity index (χ4n) is 4.58. The molecule has 0 spiro atoms. The van der Waals surface area contributed by atoms with Crippen LogP contribution < -0.4 is 5.32 Å². The van der Waals surface area contributed by atoms with Crippen LogP contribution in [0, 0.1) is 0 Å². The van der Waals surface area contributed by atoms with E-state index in [9.17, 15) is 23.2 Å². The maximum atomic E-state index is 13.5. The van der Waals surface area contributed by atoms with Crippen LogP contribution in [-0.2, 0) is 14.3 Å². The Kier molecular flexibility index (Phi) is 6.81. The van der Waals surface area contributed by atoms with E-state index in [4.69, 9.17) is 9.84 Å². The molecule has 1 atom stereocenters. The first kappa shape index (κ1) is 23.7. The summed E-state index contributed by atoms with van der Waals surface area (Å²) in [5.74, 6) is -4.70. The Balaban J connectivity index is 1.41. The Bertz CT molecular complexity index is 1030. The minimum Gasteiger partial charge on any atom is -0.481 e. The number of carbonyl (C=O) groups is 3. The van der Waals surface area contributed by atoms with Crippen LogP contribution >= 0.6 is 0 Å². The molecule has 9 heteroatoms. The van der Waals surface area contributed by atoms with Crippen molar-refractivity contribution in [3.63, 3.8) is 0 Å². The molecule has 2 N–H and O–H groups in total. The van der Waals surface area contributed by atoms with Crippen LogP contribution in [0.1, 0.15) is 42.7 Å². The van der Waals surface area contributed by atoms with E-state index in [1.807, 2.05) is 48.5 Å². The third-order valence-corrected chi connectivity index (χ3v) is 6.39. The van der Waals surface area contributed by atoms with E-state index in [0.29, 0.717) is 0 Å². The van der Waals surface area contributed by atoms with Gasteiger partial charge in [-0.15, -0.1) is 0 Å². The number of rotatable bonds is 7. The van der Waals surface area contributed by atoms with Gasteiger partial charge in [0.25, 0.3) is 5.92 Å². The van der Waals surface area contributed by atoms with E-state index >= 15 is 0 Å². The highest BCUT2D eigenvalue weighted by Gasteiger charge is 2.38. The van der Waals surface area contributed by atoms with Gasteiger partial charge in [-0.1, -0.05) is 48.5 Å². The van der Waals surface area contributed by atoms with Crippen LogP contribution in [0.3, 0.4) is 0 Å². The Labute approximate surface area is 195 Å². The highest BCUT2D eigenvalue weighted by atomic mass is 19.3. The molecule has 0 aromatic heterocycles. The Morgan fingerprint density at radius 3 is 2.15 bits per heavy atom. The van der Waals surface area contributed by atoms with Crippen LogP contribution in [0.15, 0.2) is 48.5 Å². The highest BCUT2D eigenvalue weighted by molar-refractivity contribution is 5.86. The predicted molar refractivity (Wildman–Crippen MR) is 120 cm³/mol. The van der Waals surface area contributed by atoms with Gasteiger partial charge in [0.15, 0.2) is 0 Å². The van der Waals surface area contributed by atoms with Crippen molar-refractivity contribution < 1.29 is 33.0 Å². The number of halogens is 2. The monoisotopic (exact) mass is 472 g/mol. The molecule has 2 amide bonds. The predicted octanol–water partition coefficient (Wildman–Crippen LogP) is 4.02. The van der Waals surface area contributed by atoms with Crippen molar-refractivity contribution in [3.8, 4) is 11.1 Å². The lowest BCUT2D eigenvalue weighted by atomic mass is 9.98. The number of ether oxygens (including phenoxy) is 1. The van der Waals surface area contributed by atoms with Gasteiger partial charge in [-0.25, -0.2) is 13.6 Å². The number of hydrogen-bond donors (Lipinski definition) is 2. The summed E-state index contributed by atoms with van der Waals surface area (Å²) in [7, 11) is 0. The van der Waals surface area contributed by atoms with Gasteiger partial charge in [0.1, 0.15) is 12.6 Å². The number of hydrogen-bond acceptors (Lipinski definition) is 4. The summed E-state index contributed by atoms with van der Waals surface area (Å²) >= 11 is 0. The second-order valence-electron chi connectivity index (χ2n) is 8.64. The number of alkyl carbamates (subject to hydrolysis) is 1. The fraction of sp³-hybridized carbons (Fsp3) is 0.400. The molecule has 0 saturated carbocycles. The van der Waals surface area contributed by atoms with E-state index in [2.05, 4.69) is 5.32 Å². The maximum absolute atomic E-state index is 13.5. The minimum absolute atomic E-state index is 0.0373. The standard InChI is InChI=1S/C25H26F2N2O5/c26-25(27)11-13-29(14-12-25)23(32)21(9-10-22(30)31)28-24(33)34-15-20-18-7-3-1-5-16(18)17-6-2-4-8-19(17)20/h1-8,20-21H,9-15H2,(H,28,33)(H,30,31). The fourth-order valence-corrected chi connectivity index (χ4v) is 4.58. The molecule has 34 heavy (non-hydrogen) atoms. The second-order valence-corrected chi connectivity index (χ2v) is 8.64. The van der Waals surface area contributed by atoms with Gasteiger partial charge in [-0.3, -0.25) is 9.59 Å². The number of benzene rings is 2. The number of amides is 2. The maximum Gasteiger partial charge on any atom is 0.407 e. The number of aliphatic carboxylic acids is 1. The molecule has 2 aromatic rings. The van der Waals surface area contributed by atoms with Crippen LogP contribution in [0.4, 0.5) is 13.6 Å². The smallest absolute Gasteiger partial charge is 0.407 e. The lowest BCUT2D eigenvalue weighted by molar-refractivity contribution is -0.140. The molecule has 180 valence electrons. The van der Waals surface area contributed by atoms with E-state index in [1.54, 1.807) is 0 Å².